The van der Waals surface area contributed by atoms with Crippen LogP contribution in [-0.4, -0.2) is 47.2 Å². The maximum absolute atomic E-state index is 12.7. The summed E-state index contributed by atoms with van der Waals surface area (Å²) in [7, 11) is 0. The van der Waals surface area contributed by atoms with Crippen molar-refractivity contribution in [1.29, 1.82) is 0 Å². The van der Waals surface area contributed by atoms with Crippen molar-refractivity contribution in [3.8, 4) is 17.1 Å². The Kier molecular flexibility index (Phi) is 5.78. The van der Waals surface area contributed by atoms with Gasteiger partial charge in [0.2, 0.25) is 5.88 Å². The van der Waals surface area contributed by atoms with E-state index in [2.05, 4.69) is 20.3 Å². The number of pyridine rings is 1. The van der Waals surface area contributed by atoms with E-state index in [4.69, 9.17) is 9.47 Å². The van der Waals surface area contributed by atoms with Gasteiger partial charge in [0.05, 0.1) is 42.6 Å². The fraction of sp³-hybridized carbons (Fsp3) is 0.474. The van der Waals surface area contributed by atoms with Crippen LogP contribution < -0.4 is 10.1 Å². The van der Waals surface area contributed by atoms with Crippen LogP contribution in [0.2, 0.25) is 0 Å². The number of nitrogens with zero attached hydrogens (tertiary/aromatic N) is 3. The number of ether oxygens (including phenoxy) is 2. The quantitative estimate of drug-likeness (QED) is 0.793. The van der Waals surface area contributed by atoms with E-state index in [1.807, 2.05) is 26.0 Å². The van der Waals surface area contributed by atoms with Crippen LogP contribution in [0.15, 0.2) is 30.7 Å². The zero-order chi connectivity index (χ0) is 18.4. The van der Waals surface area contributed by atoms with Crippen LogP contribution in [0, 0.1) is 0 Å². The standard InChI is InChI=1S/C19H24N4O3/c1-3-25-17-14(6-5-9-21-17)15-12-23-16(13-22-15)19(18(24)26-4-2)7-10-20-11-8-19/h5-6,9,12-13,20H,3-4,7-8,10-11H2,1-2H3. The highest BCUT2D eigenvalue weighted by molar-refractivity contribution is 5.83. The summed E-state index contributed by atoms with van der Waals surface area (Å²) in [4.78, 5) is 26.0. The molecular formula is C19H24N4O3. The Hall–Kier alpha value is -2.54. The van der Waals surface area contributed by atoms with Gasteiger partial charge < -0.3 is 14.8 Å². The molecule has 0 amide bonds. The number of esters is 1. The molecule has 2 aromatic heterocycles. The molecule has 0 radical (unpaired) electrons. The summed E-state index contributed by atoms with van der Waals surface area (Å²) in [6.45, 7) is 6.10. The lowest BCUT2D eigenvalue weighted by Crippen LogP contribution is -2.47. The average Bonchev–Trinajstić information content (AvgIpc) is 2.69. The van der Waals surface area contributed by atoms with Crippen LogP contribution in [0.4, 0.5) is 0 Å². The fourth-order valence-electron chi connectivity index (χ4n) is 3.24. The summed E-state index contributed by atoms with van der Waals surface area (Å²) < 4.78 is 10.9. The van der Waals surface area contributed by atoms with Crippen LogP contribution in [0.1, 0.15) is 32.4 Å². The van der Waals surface area contributed by atoms with E-state index in [0.29, 0.717) is 43.3 Å². The maximum Gasteiger partial charge on any atom is 0.318 e. The normalized spacial score (nSPS) is 16.1. The van der Waals surface area contributed by atoms with Crippen LogP contribution in [0.5, 0.6) is 5.88 Å². The first kappa shape index (κ1) is 18.3. The average molecular weight is 356 g/mol. The van der Waals surface area contributed by atoms with Crippen molar-refractivity contribution in [2.24, 2.45) is 0 Å². The molecule has 0 aromatic carbocycles. The number of rotatable bonds is 6. The molecule has 3 rings (SSSR count). The lowest BCUT2D eigenvalue weighted by atomic mass is 9.76. The van der Waals surface area contributed by atoms with Gasteiger partial charge in [0, 0.05) is 6.20 Å². The molecule has 7 nitrogen and oxygen atoms in total. The van der Waals surface area contributed by atoms with Crippen LogP contribution >= 0.6 is 0 Å². The molecule has 0 bridgehead atoms. The molecule has 0 unspecified atom stereocenters. The highest BCUT2D eigenvalue weighted by Gasteiger charge is 2.44. The van der Waals surface area contributed by atoms with E-state index in [1.165, 1.54) is 0 Å². The van der Waals surface area contributed by atoms with E-state index in [0.717, 1.165) is 18.7 Å². The number of carbonyl (C=O) groups excluding carboxylic acids is 1. The lowest BCUT2D eigenvalue weighted by Gasteiger charge is -2.34. The summed E-state index contributed by atoms with van der Waals surface area (Å²) in [5.74, 6) is 0.305. The molecule has 1 saturated heterocycles. The molecule has 1 aliphatic rings. The molecule has 1 fully saturated rings. The number of nitrogens with one attached hydrogen (secondary N) is 1. The maximum atomic E-state index is 12.7. The number of hydrogen-bond donors (Lipinski definition) is 1. The summed E-state index contributed by atoms with van der Waals surface area (Å²) in [6, 6.07) is 3.73. The Balaban J connectivity index is 1.94. The minimum atomic E-state index is -0.732. The molecular weight excluding hydrogens is 332 g/mol. The molecule has 1 N–H and O–H groups in total. The van der Waals surface area contributed by atoms with Crippen molar-refractivity contribution in [3.05, 3.63) is 36.4 Å². The van der Waals surface area contributed by atoms with E-state index in [-0.39, 0.29) is 5.97 Å². The van der Waals surface area contributed by atoms with Gasteiger partial charge in [-0.05, 0) is 51.9 Å². The van der Waals surface area contributed by atoms with Crippen molar-refractivity contribution in [3.63, 3.8) is 0 Å². The third kappa shape index (κ3) is 3.53. The monoisotopic (exact) mass is 356 g/mol. The summed E-state index contributed by atoms with van der Waals surface area (Å²) >= 11 is 0. The second kappa shape index (κ2) is 8.23. The van der Waals surface area contributed by atoms with Crippen molar-refractivity contribution < 1.29 is 14.3 Å². The first-order valence-electron chi connectivity index (χ1n) is 9.00. The molecule has 26 heavy (non-hydrogen) atoms. The van der Waals surface area contributed by atoms with Gasteiger partial charge in [-0.1, -0.05) is 0 Å². The Morgan fingerprint density at radius 3 is 2.62 bits per heavy atom. The van der Waals surface area contributed by atoms with E-state index < -0.39 is 5.41 Å². The van der Waals surface area contributed by atoms with Gasteiger partial charge in [0.15, 0.2) is 0 Å². The van der Waals surface area contributed by atoms with Crippen molar-refractivity contribution >= 4 is 5.97 Å². The Morgan fingerprint density at radius 2 is 1.96 bits per heavy atom. The molecule has 2 aromatic rings. The van der Waals surface area contributed by atoms with E-state index >= 15 is 0 Å². The second-order valence-electron chi connectivity index (χ2n) is 6.13. The van der Waals surface area contributed by atoms with Crippen molar-refractivity contribution in [2.75, 3.05) is 26.3 Å². The van der Waals surface area contributed by atoms with Crippen LogP contribution in [0.3, 0.4) is 0 Å². The predicted octanol–water partition coefficient (Wildman–Crippen LogP) is 2.12. The smallest absolute Gasteiger partial charge is 0.318 e. The minimum absolute atomic E-state index is 0.222. The van der Waals surface area contributed by atoms with Crippen LogP contribution in [-0.2, 0) is 14.9 Å². The molecule has 0 atom stereocenters. The summed E-state index contributed by atoms with van der Waals surface area (Å²) in [5, 5.41) is 3.28. The SMILES string of the molecule is CCOC(=O)C1(c2cnc(-c3cccnc3OCC)cn2)CCNCC1. The van der Waals surface area contributed by atoms with Crippen LogP contribution in [0.25, 0.3) is 11.3 Å². The summed E-state index contributed by atoms with van der Waals surface area (Å²) in [6.07, 6.45) is 6.34. The van der Waals surface area contributed by atoms with Gasteiger partial charge in [-0.25, -0.2) is 4.98 Å². The number of piperidine rings is 1. The van der Waals surface area contributed by atoms with Gasteiger partial charge in [-0.2, -0.15) is 0 Å². The van der Waals surface area contributed by atoms with Gasteiger partial charge in [-0.15, -0.1) is 0 Å². The second-order valence-corrected chi connectivity index (χ2v) is 6.13. The molecule has 0 aliphatic carbocycles. The van der Waals surface area contributed by atoms with Gasteiger partial charge in [0.25, 0.3) is 0 Å². The Morgan fingerprint density at radius 1 is 1.15 bits per heavy atom. The highest BCUT2D eigenvalue weighted by Crippen LogP contribution is 2.34. The zero-order valence-electron chi connectivity index (χ0n) is 15.2. The van der Waals surface area contributed by atoms with Crippen molar-refractivity contribution in [1.82, 2.24) is 20.3 Å². The third-order valence-electron chi connectivity index (χ3n) is 4.59. The molecule has 138 valence electrons. The molecule has 7 heteroatoms. The van der Waals surface area contributed by atoms with E-state index in [9.17, 15) is 4.79 Å². The lowest BCUT2D eigenvalue weighted by molar-refractivity contribution is -0.151. The van der Waals surface area contributed by atoms with E-state index in [1.54, 1.807) is 18.6 Å². The van der Waals surface area contributed by atoms with Crippen molar-refractivity contribution in [2.45, 2.75) is 32.1 Å². The molecule has 1 aliphatic heterocycles. The number of hydrogen-bond acceptors (Lipinski definition) is 7. The van der Waals surface area contributed by atoms with Gasteiger partial charge in [0.1, 0.15) is 5.41 Å². The topological polar surface area (TPSA) is 86.2 Å². The third-order valence-corrected chi connectivity index (χ3v) is 4.59. The Labute approximate surface area is 153 Å². The Bertz CT molecular complexity index is 743. The predicted molar refractivity (Wildman–Crippen MR) is 96.8 cm³/mol. The first-order chi connectivity index (χ1) is 12.7. The number of aromatic nitrogens is 3. The van der Waals surface area contributed by atoms with Gasteiger partial charge in [-0.3, -0.25) is 14.8 Å². The number of carbonyl (C=O) groups is 1. The zero-order valence-corrected chi connectivity index (χ0v) is 15.2. The first-order valence-corrected chi connectivity index (χ1v) is 9.00. The largest absolute Gasteiger partial charge is 0.477 e. The fourth-order valence-corrected chi connectivity index (χ4v) is 3.24. The van der Waals surface area contributed by atoms with Gasteiger partial charge >= 0.3 is 5.97 Å². The molecule has 0 spiro atoms. The molecule has 0 saturated carbocycles. The summed E-state index contributed by atoms with van der Waals surface area (Å²) in [5.41, 5.74) is 1.37. The highest BCUT2D eigenvalue weighted by atomic mass is 16.5. The molecule has 3 heterocycles. The minimum Gasteiger partial charge on any atom is -0.477 e.